The van der Waals surface area contributed by atoms with Gasteiger partial charge in [-0.3, -0.25) is 4.79 Å². The van der Waals surface area contributed by atoms with Gasteiger partial charge in [-0.15, -0.1) is 0 Å². The third-order valence-electron chi connectivity index (χ3n) is 2.68. The zero-order valence-electron chi connectivity index (χ0n) is 9.60. The molecule has 0 saturated heterocycles. The number of ether oxygens (including phenoxy) is 2. The van der Waals surface area contributed by atoms with Crippen molar-refractivity contribution in [3.63, 3.8) is 0 Å². The average Bonchev–Trinajstić information content (AvgIpc) is 2.26. The number of aryl methyl sites for hydroxylation is 1. The molecule has 0 aliphatic heterocycles. The number of carbonyl (C=O) groups excluding carboxylic acids is 1. The fraction of sp³-hybridized carbons (Fsp3) is 0.462. The molecular weight excluding hydrogens is 204 g/mol. The predicted molar refractivity (Wildman–Crippen MR) is 60.6 cm³/mol. The quantitative estimate of drug-likeness (QED) is 0.779. The smallest absolute Gasteiger partial charge is 0.169 e. The Morgan fingerprint density at radius 1 is 1.44 bits per heavy atom. The number of ketones is 1. The zero-order valence-corrected chi connectivity index (χ0v) is 9.60. The first-order chi connectivity index (χ1) is 7.70. The van der Waals surface area contributed by atoms with Gasteiger partial charge in [0.1, 0.15) is 11.9 Å². The molecule has 0 amide bonds. The highest BCUT2D eigenvalue weighted by Crippen LogP contribution is 2.25. The average molecular weight is 220 g/mol. The van der Waals surface area contributed by atoms with E-state index in [2.05, 4.69) is 0 Å². The Morgan fingerprint density at radius 2 is 2.25 bits per heavy atom. The molecule has 1 fully saturated rings. The van der Waals surface area contributed by atoms with Gasteiger partial charge < -0.3 is 9.47 Å². The second-order valence-corrected chi connectivity index (χ2v) is 4.02. The number of carbonyl (C=O) groups is 1. The van der Waals surface area contributed by atoms with Crippen LogP contribution in [0.15, 0.2) is 24.3 Å². The van der Waals surface area contributed by atoms with Gasteiger partial charge in [-0.2, -0.15) is 0 Å². The van der Waals surface area contributed by atoms with Crippen LogP contribution in [0.4, 0.5) is 0 Å². The fourth-order valence-electron chi connectivity index (χ4n) is 1.82. The molecule has 1 aromatic rings. The maximum Gasteiger partial charge on any atom is 0.169 e. The summed E-state index contributed by atoms with van der Waals surface area (Å²) in [6, 6.07) is 7.82. The van der Waals surface area contributed by atoms with E-state index in [1.165, 1.54) is 0 Å². The van der Waals surface area contributed by atoms with Crippen LogP contribution in [0.1, 0.15) is 18.9 Å². The zero-order chi connectivity index (χ0) is 11.5. The van der Waals surface area contributed by atoms with Gasteiger partial charge in [-0.05, 0) is 31.5 Å². The van der Waals surface area contributed by atoms with Gasteiger partial charge in [0.25, 0.3) is 0 Å². The maximum atomic E-state index is 11.3. The molecule has 3 nitrogen and oxygen atoms in total. The van der Waals surface area contributed by atoms with Crippen molar-refractivity contribution in [3.05, 3.63) is 29.8 Å². The van der Waals surface area contributed by atoms with Crippen LogP contribution in [0.25, 0.3) is 0 Å². The van der Waals surface area contributed by atoms with Crippen molar-refractivity contribution in [2.24, 2.45) is 0 Å². The molecule has 1 saturated carbocycles. The first-order valence-electron chi connectivity index (χ1n) is 5.58. The van der Waals surface area contributed by atoms with Crippen molar-refractivity contribution in [2.45, 2.75) is 32.5 Å². The molecule has 0 radical (unpaired) electrons. The van der Waals surface area contributed by atoms with Gasteiger partial charge in [-0.25, -0.2) is 0 Å². The third-order valence-corrected chi connectivity index (χ3v) is 2.68. The summed E-state index contributed by atoms with van der Waals surface area (Å²) in [5, 5.41) is 0. The van der Waals surface area contributed by atoms with Crippen LogP contribution in [0.2, 0.25) is 0 Å². The second-order valence-electron chi connectivity index (χ2n) is 4.02. The molecule has 0 aromatic heterocycles. The standard InChI is InChI=1S/C13H16O3/c1-3-15-13-11(14)8-12(13)16-10-6-4-5-9(2)7-10/h4-7,12-13H,3,8H2,1-2H3. The van der Waals surface area contributed by atoms with Crippen LogP contribution in [-0.2, 0) is 9.53 Å². The third kappa shape index (κ3) is 2.25. The lowest BCUT2D eigenvalue weighted by Gasteiger charge is -2.34. The van der Waals surface area contributed by atoms with Crippen LogP contribution in [-0.4, -0.2) is 24.6 Å². The summed E-state index contributed by atoms with van der Waals surface area (Å²) in [6.07, 6.45) is -0.0294. The van der Waals surface area contributed by atoms with Crippen molar-refractivity contribution in [1.29, 1.82) is 0 Å². The van der Waals surface area contributed by atoms with Gasteiger partial charge >= 0.3 is 0 Å². The maximum absolute atomic E-state index is 11.3. The van der Waals surface area contributed by atoms with E-state index < -0.39 is 0 Å². The Balaban J connectivity index is 1.98. The lowest BCUT2D eigenvalue weighted by Crippen LogP contribution is -2.52. The van der Waals surface area contributed by atoms with Gasteiger partial charge in [-0.1, -0.05) is 12.1 Å². The number of Topliss-reactive ketones (excluding diaryl/α,β-unsaturated/α-hetero) is 1. The fourth-order valence-corrected chi connectivity index (χ4v) is 1.82. The van der Waals surface area contributed by atoms with Crippen molar-refractivity contribution >= 4 is 5.78 Å². The molecule has 1 aliphatic rings. The minimum atomic E-state index is -0.370. The van der Waals surface area contributed by atoms with E-state index in [-0.39, 0.29) is 18.0 Å². The Kier molecular flexibility index (Phi) is 3.25. The number of hydrogen-bond donors (Lipinski definition) is 0. The van der Waals surface area contributed by atoms with Crippen molar-refractivity contribution in [1.82, 2.24) is 0 Å². The molecule has 16 heavy (non-hydrogen) atoms. The molecule has 3 heteroatoms. The van der Waals surface area contributed by atoms with E-state index in [1.807, 2.05) is 38.1 Å². The summed E-state index contributed by atoms with van der Waals surface area (Å²) in [6.45, 7) is 4.44. The first-order valence-corrected chi connectivity index (χ1v) is 5.58. The number of benzene rings is 1. The highest BCUT2D eigenvalue weighted by atomic mass is 16.5. The molecule has 0 bridgehead atoms. The van der Waals surface area contributed by atoms with Crippen LogP contribution in [0.3, 0.4) is 0 Å². The molecule has 0 spiro atoms. The van der Waals surface area contributed by atoms with Crippen molar-refractivity contribution in [2.75, 3.05) is 6.61 Å². The van der Waals surface area contributed by atoms with E-state index in [0.29, 0.717) is 13.0 Å². The van der Waals surface area contributed by atoms with Crippen LogP contribution >= 0.6 is 0 Å². The summed E-state index contributed by atoms with van der Waals surface area (Å²) in [5.41, 5.74) is 1.15. The molecule has 2 rings (SSSR count). The van der Waals surface area contributed by atoms with E-state index in [4.69, 9.17) is 9.47 Å². The summed E-state index contributed by atoms with van der Waals surface area (Å²) >= 11 is 0. The Labute approximate surface area is 95.4 Å². The summed E-state index contributed by atoms with van der Waals surface area (Å²) < 4.78 is 11.1. The molecule has 86 valence electrons. The van der Waals surface area contributed by atoms with Gasteiger partial charge in [0, 0.05) is 13.0 Å². The molecule has 0 heterocycles. The highest BCUT2D eigenvalue weighted by Gasteiger charge is 2.42. The Bertz CT molecular complexity index is 387. The lowest BCUT2D eigenvalue weighted by molar-refractivity contribution is -0.154. The number of rotatable bonds is 4. The summed E-state index contributed by atoms with van der Waals surface area (Å²) in [4.78, 5) is 11.3. The van der Waals surface area contributed by atoms with E-state index in [1.54, 1.807) is 0 Å². The molecule has 2 unspecified atom stereocenters. The molecule has 0 N–H and O–H groups in total. The van der Waals surface area contributed by atoms with Crippen LogP contribution in [0.5, 0.6) is 5.75 Å². The molecule has 2 atom stereocenters. The van der Waals surface area contributed by atoms with Crippen molar-refractivity contribution < 1.29 is 14.3 Å². The lowest BCUT2D eigenvalue weighted by atomic mass is 9.90. The molecular formula is C13H16O3. The number of hydrogen-bond acceptors (Lipinski definition) is 3. The SMILES string of the molecule is CCOC1C(=O)CC1Oc1cccc(C)c1. The summed E-state index contributed by atoms with van der Waals surface area (Å²) in [7, 11) is 0. The first kappa shape index (κ1) is 11.1. The Morgan fingerprint density at radius 3 is 2.88 bits per heavy atom. The van der Waals surface area contributed by atoms with Crippen LogP contribution in [0, 0.1) is 6.92 Å². The molecule has 1 aromatic carbocycles. The largest absolute Gasteiger partial charge is 0.487 e. The monoisotopic (exact) mass is 220 g/mol. The summed E-state index contributed by atoms with van der Waals surface area (Å²) in [5.74, 6) is 0.946. The molecule has 1 aliphatic carbocycles. The van der Waals surface area contributed by atoms with Gasteiger partial charge in [0.15, 0.2) is 11.9 Å². The minimum absolute atomic E-state index is 0.116. The van der Waals surface area contributed by atoms with Crippen LogP contribution < -0.4 is 4.74 Å². The van der Waals surface area contributed by atoms with Gasteiger partial charge in [0.05, 0.1) is 0 Å². The topological polar surface area (TPSA) is 35.5 Å². The van der Waals surface area contributed by atoms with E-state index in [0.717, 1.165) is 11.3 Å². The van der Waals surface area contributed by atoms with Crippen molar-refractivity contribution in [3.8, 4) is 5.75 Å². The second kappa shape index (κ2) is 4.66. The normalized spacial score (nSPS) is 24.0. The minimum Gasteiger partial charge on any atom is -0.487 e. The Hall–Kier alpha value is -1.35. The highest BCUT2D eigenvalue weighted by molar-refractivity contribution is 5.90. The van der Waals surface area contributed by atoms with E-state index in [9.17, 15) is 4.79 Å². The van der Waals surface area contributed by atoms with E-state index >= 15 is 0 Å². The van der Waals surface area contributed by atoms with Gasteiger partial charge in [0.2, 0.25) is 0 Å². The predicted octanol–water partition coefficient (Wildman–Crippen LogP) is 2.12.